The van der Waals surface area contributed by atoms with Crippen LogP contribution in [0.15, 0.2) is 12.1 Å². The first-order chi connectivity index (χ1) is 5.52. The summed E-state index contributed by atoms with van der Waals surface area (Å²) in [5, 5.41) is 8.36. The molecule has 0 unspecified atom stereocenters. The van der Waals surface area contributed by atoms with E-state index in [9.17, 15) is 13.6 Å². The molecule has 62 valence electrons. The molecule has 0 spiro atoms. The number of benzene rings is 1. The molecule has 5 heteroatoms. The summed E-state index contributed by atoms with van der Waals surface area (Å²) in [4.78, 5) is 10.3. The second-order valence-electron chi connectivity index (χ2n) is 2.41. The molecule has 1 aromatic carbocycles. The number of carboxylic acids is 1. The largest absolute Gasteiger partial charge is 0.477 e. The van der Waals surface area contributed by atoms with Gasteiger partial charge in [-0.05, 0) is 12.1 Å². The molecule has 0 amide bonds. The third-order valence-electron chi connectivity index (χ3n) is 1.40. The smallest absolute Gasteiger partial charge is 0.341 e. The number of rotatable bonds is 1. The van der Waals surface area contributed by atoms with Crippen molar-refractivity contribution in [3.8, 4) is 0 Å². The fraction of sp³-hybridized carbons (Fsp3) is 0. The number of hydrogen-bond donors (Lipinski definition) is 1. The zero-order chi connectivity index (χ0) is 9.30. The van der Waals surface area contributed by atoms with Gasteiger partial charge in [-0.2, -0.15) is 0 Å². The molecule has 0 aromatic heterocycles. The minimum atomic E-state index is -1.59. The van der Waals surface area contributed by atoms with E-state index in [4.69, 9.17) is 5.11 Å². The van der Waals surface area contributed by atoms with E-state index in [0.717, 1.165) is 12.1 Å². The van der Waals surface area contributed by atoms with E-state index in [-0.39, 0.29) is 0 Å². The predicted molar refractivity (Wildman–Crippen MR) is 41.5 cm³/mol. The zero-order valence-corrected chi connectivity index (χ0v) is 6.27. The maximum absolute atomic E-state index is 12.7. The topological polar surface area (TPSA) is 37.3 Å². The summed E-state index contributed by atoms with van der Waals surface area (Å²) in [6.45, 7) is 0. The average Bonchev–Trinajstić information content (AvgIpc) is 1.82. The second kappa shape index (κ2) is 2.93. The second-order valence-corrected chi connectivity index (χ2v) is 2.41. The van der Waals surface area contributed by atoms with Crippen LogP contribution in [-0.2, 0) is 0 Å². The van der Waals surface area contributed by atoms with E-state index >= 15 is 0 Å². The fourth-order valence-corrected chi connectivity index (χ4v) is 0.904. The lowest BCUT2D eigenvalue weighted by Crippen LogP contribution is -2.12. The van der Waals surface area contributed by atoms with Gasteiger partial charge in [0.25, 0.3) is 0 Å². The SMILES string of the molecule is Bc1cc(F)c(C(=O)O)c(F)c1. The molecule has 0 radical (unpaired) electrons. The highest BCUT2D eigenvalue weighted by atomic mass is 19.1. The van der Waals surface area contributed by atoms with Crippen LogP contribution in [0, 0.1) is 11.6 Å². The summed E-state index contributed by atoms with van der Waals surface area (Å²) >= 11 is 0. The molecule has 0 atom stereocenters. The van der Waals surface area contributed by atoms with Gasteiger partial charge in [-0.15, -0.1) is 0 Å². The van der Waals surface area contributed by atoms with Crippen molar-refractivity contribution in [2.75, 3.05) is 0 Å². The molecule has 2 nitrogen and oxygen atoms in total. The lowest BCUT2D eigenvalue weighted by Gasteiger charge is -2.00. The molecule has 1 aromatic rings. The Labute approximate surface area is 68.2 Å². The summed E-state index contributed by atoms with van der Waals surface area (Å²) in [6.07, 6.45) is 0. The number of aromatic carboxylic acids is 1. The quantitative estimate of drug-likeness (QED) is 0.598. The maximum Gasteiger partial charge on any atom is 0.341 e. The summed E-state index contributed by atoms with van der Waals surface area (Å²) < 4.78 is 25.5. The molecule has 1 N–H and O–H groups in total. The van der Waals surface area contributed by atoms with E-state index in [1.54, 1.807) is 0 Å². The predicted octanol–water partition coefficient (Wildman–Crippen LogP) is -0.0786. The van der Waals surface area contributed by atoms with Gasteiger partial charge in [-0.3, -0.25) is 0 Å². The van der Waals surface area contributed by atoms with Crippen molar-refractivity contribution < 1.29 is 18.7 Å². The Morgan fingerprint density at radius 3 is 2.08 bits per heavy atom. The Morgan fingerprint density at radius 2 is 1.75 bits per heavy atom. The van der Waals surface area contributed by atoms with Gasteiger partial charge in [0.05, 0.1) is 0 Å². The van der Waals surface area contributed by atoms with Crippen LogP contribution in [0.2, 0.25) is 0 Å². The number of carbonyl (C=O) groups is 1. The molecule has 0 aliphatic rings. The Balaban J connectivity index is 3.38. The normalized spacial score (nSPS) is 9.83. The van der Waals surface area contributed by atoms with E-state index in [0.29, 0.717) is 5.46 Å². The minimum absolute atomic E-state index is 0.356. The van der Waals surface area contributed by atoms with Crippen molar-refractivity contribution in [1.29, 1.82) is 0 Å². The van der Waals surface area contributed by atoms with Crippen LogP contribution in [0.3, 0.4) is 0 Å². The van der Waals surface area contributed by atoms with E-state index in [1.807, 2.05) is 0 Å². The van der Waals surface area contributed by atoms with Crippen molar-refractivity contribution in [2.24, 2.45) is 0 Å². The molecule has 12 heavy (non-hydrogen) atoms. The summed E-state index contributed by atoms with van der Waals surface area (Å²) in [7, 11) is 1.48. The van der Waals surface area contributed by atoms with Gasteiger partial charge in [0, 0.05) is 0 Å². The van der Waals surface area contributed by atoms with Crippen LogP contribution in [0.5, 0.6) is 0 Å². The zero-order valence-electron chi connectivity index (χ0n) is 6.27. The third kappa shape index (κ3) is 1.44. The van der Waals surface area contributed by atoms with Gasteiger partial charge >= 0.3 is 5.97 Å². The van der Waals surface area contributed by atoms with Crippen LogP contribution in [-0.4, -0.2) is 18.9 Å². The van der Waals surface area contributed by atoms with Crippen LogP contribution < -0.4 is 5.46 Å². The summed E-state index contributed by atoms with van der Waals surface area (Å²) in [5.41, 5.74) is -0.546. The lowest BCUT2D eigenvalue weighted by molar-refractivity contribution is 0.0686. The first-order valence-electron chi connectivity index (χ1n) is 3.21. The molecular formula is C7H5BF2O2. The minimum Gasteiger partial charge on any atom is -0.477 e. The molecule has 0 saturated carbocycles. The average molecular weight is 170 g/mol. The Morgan fingerprint density at radius 1 is 1.33 bits per heavy atom. The molecule has 0 heterocycles. The van der Waals surface area contributed by atoms with Crippen LogP contribution in [0.4, 0.5) is 8.78 Å². The van der Waals surface area contributed by atoms with Crippen molar-refractivity contribution >= 4 is 19.3 Å². The summed E-state index contributed by atoms with van der Waals surface area (Å²) in [5.74, 6) is -3.68. The summed E-state index contributed by atoms with van der Waals surface area (Å²) in [6, 6.07) is 1.96. The van der Waals surface area contributed by atoms with Crippen molar-refractivity contribution in [3.63, 3.8) is 0 Å². The Kier molecular flexibility index (Phi) is 2.12. The van der Waals surface area contributed by atoms with Crippen molar-refractivity contribution in [3.05, 3.63) is 29.3 Å². The van der Waals surface area contributed by atoms with E-state index in [1.165, 1.54) is 7.85 Å². The lowest BCUT2D eigenvalue weighted by atomic mass is 9.94. The highest BCUT2D eigenvalue weighted by Gasteiger charge is 2.16. The third-order valence-corrected chi connectivity index (χ3v) is 1.40. The standard InChI is InChI=1S/C7H5BF2O2/c8-3-1-4(9)6(7(11)12)5(10)2-3/h1-2H,8H2,(H,11,12). The molecule has 0 fully saturated rings. The first-order valence-corrected chi connectivity index (χ1v) is 3.21. The molecule has 0 aliphatic heterocycles. The molecule has 1 rings (SSSR count). The van der Waals surface area contributed by atoms with Crippen molar-refractivity contribution in [1.82, 2.24) is 0 Å². The molecule has 0 bridgehead atoms. The molecule has 0 aliphatic carbocycles. The first kappa shape index (κ1) is 8.71. The van der Waals surface area contributed by atoms with E-state index in [2.05, 4.69) is 0 Å². The van der Waals surface area contributed by atoms with Gasteiger partial charge in [0.2, 0.25) is 0 Å². The van der Waals surface area contributed by atoms with Crippen LogP contribution in [0.1, 0.15) is 10.4 Å². The van der Waals surface area contributed by atoms with Gasteiger partial charge in [-0.1, -0.05) is 5.46 Å². The number of carboxylic acid groups (broad SMARTS) is 1. The van der Waals surface area contributed by atoms with E-state index < -0.39 is 23.2 Å². The highest BCUT2D eigenvalue weighted by molar-refractivity contribution is 6.32. The molecular weight excluding hydrogens is 165 g/mol. The Hall–Kier alpha value is -1.39. The van der Waals surface area contributed by atoms with Gasteiger partial charge in [0.1, 0.15) is 25.0 Å². The fourth-order valence-electron chi connectivity index (χ4n) is 0.904. The molecule has 0 saturated heterocycles. The van der Waals surface area contributed by atoms with Crippen LogP contribution in [0.25, 0.3) is 0 Å². The van der Waals surface area contributed by atoms with Crippen LogP contribution >= 0.6 is 0 Å². The highest BCUT2D eigenvalue weighted by Crippen LogP contribution is 2.09. The maximum atomic E-state index is 12.7. The Bertz CT molecular complexity index is 315. The van der Waals surface area contributed by atoms with Gasteiger partial charge < -0.3 is 5.11 Å². The number of hydrogen-bond acceptors (Lipinski definition) is 1. The monoisotopic (exact) mass is 170 g/mol. The van der Waals surface area contributed by atoms with Gasteiger partial charge in [0.15, 0.2) is 0 Å². The number of halogens is 2. The van der Waals surface area contributed by atoms with Gasteiger partial charge in [-0.25, -0.2) is 13.6 Å². The van der Waals surface area contributed by atoms with Crippen molar-refractivity contribution in [2.45, 2.75) is 0 Å².